The Morgan fingerprint density at radius 3 is 2.06 bits per heavy atom. The topological polar surface area (TPSA) is 141 Å². The van der Waals surface area contributed by atoms with Gasteiger partial charge in [-0.25, -0.2) is 0 Å². The molecule has 0 spiro atoms. The first-order valence-electron chi connectivity index (χ1n) is 4.44. The van der Waals surface area contributed by atoms with Crippen molar-refractivity contribution < 1.29 is 29.4 Å². The molecule has 94 valence electrons. The van der Waals surface area contributed by atoms with Crippen molar-refractivity contribution in [1.82, 2.24) is 0 Å². The monoisotopic (exact) mass is 262 g/mol. The molecule has 17 heavy (non-hydrogen) atoms. The van der Waals surface area contributed by atoms with E-state index < -0.39 is 20.3 Å². The van der Waals surface area contributed by atoms with Crippen LogP contribution >= 0.6 is 8.25 Å². The summed E-state index contributed by atoms with van der Waals surface area (Å²) in [5.74, 6) is -0.860. The lowest BCUT2D eigenvalue weighted by molar-refractivity contribution is -0.138. The highest BCUT2D eigenvalue weighted by molar-refractivity contribution is 7.30. The molecule has 8 heteroatoms. The second-order valence-electron chi connectivity index (χ2n) is 3.07. The zero-order valence-corrected chi connectivity index (χ0v) is 9.62. The highest BCUT2D eigenvalue weighted by atomic mass is 31.1. The van der Waals surface area contributed by atoms with Crippen molar-refractivity contribution in [3.8, 4) is 5.75 Å². The van der Waals surface area contributed by atoms with Gasteiger partial charge < -0.3 is 15.9 Å². The molecule has 0 bridgehead atoms. The molecule has 0 saturated heterocycles. The molecule has 1 rings (SSSR count). The Balaban J connectivity index is 0.000000557. The summed E-state index contributed by atoms with van der Waals surface area (Å²) in [5.41, 5.74) is 6.12. The quantitative estimate of drug-likeness (QED) is 0.482. The first-order valence-corrected chi connectivity index (χ1v) is 5.60. The van der Waals surface area contributed by atoms with Crippen LogP contribution in [0.1, 0.15) is 5.56 Å². The molecule has 0 radical (unpaired) electrons. The SMILES string of the molecule is NC(Cc1ccc(O)cc1)C(=O)O.O=[P+](O)O. The van der Waals surface area contributed by atoms with Crippen LogP contribution in [0.2, 0.25) is 0 Å². The molecule has 6 N–H and O–H groups in total. The molecule has 0 heterocycles. The van der Waals surface area contributed by atoms with Gasteiger partial charge in [0.25, 0.3) is 0 Å². The Labute approximate surface area is 98.1 Å². The number of hydrogen-bond acceptors (Lipinski definition) is 4. The third-order valence-electron chi connectivity index (χ3n) is 1.71. The van der Waals surface area contributed by atoms with E-state index in [4.69, 9.17) is 30.3 Å². The molecule has 7 nitrogen and oxygen atoms in total. The highest BCUT2D eigenvalue weighted by Crippen LogP contribution is 2.10. The Hall–Kier alpha value is -1.53. The van der Waals surface area contributed by atoms with Gasteiger partial charge in [0, 0.05) is 4.57 Å². The minimum Gasteiger partial charge on any atom is -0.508 e. The summed E-state index contributed by atoms with van der Waals surface area (Å²) in [6, 6.07) is 5.42. The van der Waals surface area contributed by atoms with E-state index in [1.807, 2.05) is 0 Å². The summed E-state index contributed by atoms with van der Waals surface area (Å²) in [5, 5.41) is 17.5. The van der Waals surface area contributed by atoms with Crippen molar-refractivity contribution in [2.75, 3.05) is 0 Å². The van der Waals surface area contributed by atoms with E-state index in [2.05, 4.69) is 0 Å². The Kier molecular flexibility index (Phi) is 7.00. The highest BCUT2D eigenvalue weighted by Gasteiger charge is 2.11. The fourth-order valence-electron chi connectivity index (χ4n) is 0.973. The summed E-state index contributed by atoms with van der Waals surface area (Å²) in [4.78, 5) is 24.6. The van der Waals surface area contributed by atoms with Crippen molar-refractivity contribution in [1.29, 1.82) is 0 Å². The summed E-state index contributed by atoms with van der Waals surface area (Å²) < 4.78 is 8.70. The van der Waals surface area contributed by atoms with Crippen LogP contribution in [0.4, 0.5) is 0 Å². The predicted octanol–water partition coefficient (Wildman–Crippen LogP) is -0.0250. The van der Waals surface area contributed by atoms with Crippen molar-refractivity contribution in [2.24, 2.45) is 5.73 Å². The number of carboxylic acids is 1. The maximum Gasteiger partial charge on any atom is 0.692 e. The smallest absolute Gasteiger partial charge is 0.508 e. The minimum absolute atomic E-state index is 0.160. The Bertz CT molecular complexity index is 376. The number of aliphatic carboxylic acids is 1. The van der Waals surface area contributed by atoms with Crippen LogP contribution in [0.5, 0.6) is 5.75 Å². The van der Waals surface area contributed by atoms with Gasteiger partial charge in [-0.1, -0.05) is 12.1 Å². The first-order chi connectivity index (χ1) is 7.82. The predicted molar refractivity (Wildman–Crippen MR) is 59.5 cm³/mol. The van der Waals surface area contributed by atoms with E-state index in [-0.39, 0.29) is 12.2 Å². The molecule has 0 aliphatic carbocycles. The second kappa shape index (κ2) is 7.70. The molecular weight excluding hydrogens is 249 g/mol. The van der Waals surface area contributed by atoms with Crippen molar-refractivity contribution in [2.45, 2.75) is 12.5 Å². The van der Waals surface area contributed by atoms with Gasteiger partial charge >= 0.3 is 14.2 Å². The van der Waals surface area contributed by atoms with Crippen LogP contribution in [0.25, 0.3) is 0 Å². The van der Waals surface area contributed by atoms with Gasteiger partial charge in [-0.2, -0.15) is 0 Å². The van der Waals surface area contributed by atoms with Crippen LogP contribution < -0.4 is 5.73 Å². The van der Waals surface area contributed by atoms with E-state index in [1.54, 1.807) is 12.1 Å². The average Bonchev–Trinajstić information content (AvgIpc) is 2.20. The van der Waals surface area contributed by atoms with Crippen molar-refractivity contribution in [3.63, 3.8) is 0 Å². The molecular formula is C9H13NO6P+. The lowest BCUT2D eigenvalue weighted by atomic mass is 10.1. The van der Waals surface area contributed by atoms with Gasteiger partial charge in [0.05, 0.1) is 0 Å². The van der Waals surface area contributed by atoms with E-state index in [1.165, 1.54) is 12.1 Å². The normalized spacial score (nSPS) is 11.0. The molecule has 0 aliphatic heterocycles. The maximum atomic E-state index is 10.4. The number of benzene rings is 1. The molecule has 1 atom stereocenters. The van der Waals surface area contributed by atoms with Crippen LogP contribution in [0.15, 0.2) is 24.3 Å². The van der Waals surface area contributed by atoms with Crippen molar-refractivity contribution in [3.05, 3.63) is 29.8 Å². The zero-order valence-electron chi connectivity index (χ0n) is 8.72. The van der Waals surface area contributed by atoms with Gasteiger partial charge in [0.1, 0.15) is 11.8 Å². The summed E-state index contributed by atoms with van der Waals surface area (Å²) in [7, 11) is -2.87. The van der Waals surface area contributed by atoms with Crippen LogP contribution in [-0.4, -0.2) is 32.0 Å². The number of carbonyl (C=O) groups is 1. The largest absolute Gasteiger partial charge is 0.692 e. The molecule has 1 aromatic carbocycles. The van der Waals surface area contributed by atoms with Crippen LogP contribution in [0.3, 0.4) is 0 Å². The third kappa shape index (κ3) is 8.29. The number of phenols is 1. The lowest BCUT2D eigenvalue weighted by Gasteiger charge is -2.05. The lowest BCUT2D eigenvalue weighted by Crippen LogP contribution is -2.32. The summed E-state index contributed by atoms with van der Waals surface area (Å²) >= 11 is 0. The van der Waals surface area contributed by atoms with E-state index in [9.17, 15) is 4.79 Å². The van der Waals surface area contributed by atoms with Gasteiger partial charge in [-0.05, 0) is 24.1 Å². The summed E-state index contributed by atoms with van der Waals surface area (Å²) in [6.45, 7) is 0. The summed E-state index contributed by atoms with van der Waals surface area (Å²) in [6.07, 6.45) is 0.273. The second-order valence-corrected chi connectivity index (χ2v) is 3.57. The van der Waals surface area contributed by atoms with Gasteiger partial charge in [0.15, 0.2) is 0 Å². The van der Waals surface area contributed by atoms with E-state index in [0.717, 1.165) is 5.56 Å². The molecule has 0 aliphatic rings. The standard InChI is InChI=1S/C9H11NO3.HO3P/c10-8(9(12)13)5-6-1-3-7(11)4-2-6;1-4(2)3/h1-4,8,11H,5,10H2,(H,12,13);(H-,1,2,3)/p+1. The number of nitrogens with two attached hydrogens (primary N) is 1. The van der Waals surface area contributed by atoms with Gasteiger partial charge in [-0.15, -0.1) is 9.79 Å². The Morgan fingerprint density at radius 2 is 1.71 bits per heavy atom. The molecule has 0 amide bonds. The van der Waals surface area contributed by atoms with Crippen LogP contribution in [0, 0.1) is 0 Å². The minimum atomic E-state index is -2.87. The van der Waals surface area contributed by atoms with E-state index in [0.29, 0.717) is 0 Å². The molecule has 0 aromatic heterocycles. The van der Waals surface area contributed by atoms with Gasteiger partial charge in [-0.3, -0.25) is 4.79 Å². The number of carboxylic acid groups (broad SMARTS) is 1. The van der Waals surface area contributed by atoms with E-state index >= 15 is 0 Å². The molecule has 0 fully saturated rings. The molecule has 1 aromatic rings. The maximum absolute atomic E-state index is 10.4. The average molecular weight is 262 g/mol. The first kappa shape index (κ1) is 15.5. The zero-order chi connectivity index (χ0) is 13.4. The molecule has 1 unspecified atom stereocenters. The number of aromatic hydroxyl groups is 1. The van der Waals surface area contributed by atoms with Crippen molar-refractivity contribution >= 4 is 14.2 Å². The fraction of sp³-hybridized carbons (Fsp3) is 0.222. The van der Waals surface area contributed by atoms with Crippen LogP contribution in [-0.2, 0) is 15.8 Å². The molecule has 0 saturated carbocycles. The number of rotatable bonds is 3. The Morgan fingerprint density at radius 1 is 1.29 bits per heavy atom. The number of phenolic OH excluding ortho intramolecular Hbond substituents is 1. The van der Waals surface area contributed by atoms with Gasteiger partial charge in [0.2, 0.25) is 0 Å². The number of hydrogen-bond donors (Lipinski definition) is 5. The third-order valence-corrected chi connectivity index (χ3v) is 1.71. The fourth-order valence-corrected chi connectivity index (χ4v) is 0.973.